The van der Waals surface area contributed by atoms with Gasteiger partial charge in [-0.1, -0.05) is 12.1 Å². The highest BCUT2D eigenvalue weighted by molar-refractivity contribution is 5.94. The minimum atomic E-state index is -0.377. The molecule has 1 N–H and O–H groups in total. The summed E-state index contributed by atoms with van der Waals surface area (Å²) in [6.45, 7) is 3.48. The third-order valence-corrected chi connectivity index (χ3v) is 6.60. The number of amides is 1. The van der Waals surface area contributed by atoms with Crippen molar-refractivity contribution in [1.29, 1.82) is 0 Å². The first-order chi connectivity index (χ1) is 14.6. The lowest BCUT2D eigenvalue weighted by atomic mass is 9.84. The molecule has 2 bridgehead atoms. The number of likely N-dealkylation sites (tertiary alicyclic amines) is 1. The Kier molecular flexibility index (Phi) is 5.06. The normalized spacial score (nSPS) is 23.7. The maximum absolute atomic E-state index is 13.8. The van der Waals surface area contributed by atoms with E-state index in [2.05, 4.69) is 5.32 Å². The molecule has 3 aliphatic heterocycles. The maximum atomic E-state index is 13.8. The zero-order chi connectivity index (χ0) is 20.7. The summed E-state index contributed by atoms with van der Waals surface area (Å²) in [5.41, 5.74) is 1.12. The smallest absolute Gasteiger partial charge is 0.263 e. The lowest BCUT2D eigenvalue weighted by Gasteiger charge is -2.38. The van der Waals surface area contributed by atoms with E-state index in [1.54, 1.807) is 29.2 Å². The van der Waals surface area contributed by atoms with E-state index in [-0.39, 0.29) is 34.7 Å². The van der Waals surface area contributed by atoms with Crippen molar-refractivity contribution in [3.8, 4) is 5.75 Å². The number of carbonyl (C=O) groups is 1. The quantitative estimate of drug-likeness (QED) is 0.843. The Balaban J connectivity index is 1.28. The molecule has 0 aliphatic carbocycles. The molecule has 2 aromatic rings. The van der Waals surface area contributed by atoms with Crippen LogP contribution in [-0.4, -0.2) is 47.7 Å². The van der Waals surface area contributed by atoms with E-state index in [1.165, 1.54) is 6.07 Å². The molecule has 158 valence electrons. The van der Waals surface area contributed by atoms with Crippen LogP contribution in [0.5, 0.6) is 5.75 Å². The molecular formula is C23H26FN3O3. The summed E-state index contributed by atoms with van der Waals surface area (Å²) in [7, 11) is 0. The van der Waals surface area contributed by atoms with Gasteiger partial charge < -0.3 is 19.5 Å². The van der Waals surface area contributed by atoms with E-state index in [0.717, 1.165) is 25.2 Å². The number of pyridine rings is 1. The van der Waals surface area contributed by atoms with Crippen LogP contribution in [0.4, 0.5) is 4.39 Å². The molecule has 30 heavy (non-hydrogen) atoms. The van der Waals surface area contributed by atoms with Crippen LogP contribution < -0.4 is 15.6 Å². The number of para-hydroxylation sites is 1. The number of benzene rings is 1. The fourth-order valence-corrected chi connectivity index (χ4v) is 5.02. The number of ether oxygens (including phenoxy) is 1. The SMILES string of the molecule is O=C(c1ccc2n(c1=O)C[C@@H]1CNC[C@H]2C1)N1CCC(Oc2ccccc2F)CC1. The van der Waals surface area contributed by atoms with Gasteiger partial charge in [-0.15, -0.1) is 0 Å². The highest BCUT2D eigenvalue weighted by atomic mass is 19.1. The average molecular weight is 411 g/mol. The average Bonchev–Trinajstić information content (AvgIpc) is 2.76. The van der Waals surface area contributed by atoms with Gasteiger partial charge in [0.1, 0.15) is 11.7 Å². The van der Waals surface area contributed by atoms with Crippen molar-refractivity contribution in [2.45, 2.75) is 37.8 Å². The first kappa shape index (κ1) is 19.3. The van der Waals surface area contributed by atoms with Crippen molar-refractivity contribution in [2.75, 3.05) is 26.2 Å². The van der Waals surface area contributed by atoms with Crippen LogP contribution in [0.15, 0.2) is 41.2 Å². The summed E-state index contributed by atoms with van der Waals surface area (Å²) in [5.74, 6) is 0.452. The number of halogens is 1. The van der Waals surface area contributed by atoms with Gasteiger partial charge in [0.05, 0.1) is 0 Å². The molecule has 4 heterocycles. The molecule has 5 rings (SSSR count). The molecule has 0 unspecified atom stereocenters. The molecule has 0 radical (unpaired) electrons. The van der Waals surface area contributed by atoms with Crippen LogP contribution in [0, 0.1) is 11.7 Å². The zero-order valence-electron chi connectivity index (χ0n) is 16.9. The number of piperidine rings is 2. The fourth-order valence-electron chi connectivity index (χ4n) is 5.02. The van der Waals surface area contributed by atoms with Gasteiger partial charge in [-0.2, -0.15) is 0 Å². The minimum Gasteiger partial charge on any atom is -0.487 e. The first-order valence-electron chi connectivity index (χ1n) is 10.7. The van der Waals surface area contributed by atoms with Crippen LogP contribution in [-0.2, 0) is 6.54 Å². The van der Waals surface area contributed by atoms with Crippen LogP contribution in [0.3, 0.4) is 0 Å². The summed E-state index contributed by atoms with van der Waals surface area (Å²) in [5, 5.41) is 3.44. The van der Waals surface area contributed by atoms with Gasteiger partial charge in [0.25, 0.3) is 11.5 Å². The Morgan fingerprint density at radius 1 is 1.10 bits per heavy atom. The van der Waals surface area contributed by atoms with Crippen molar-refractivity contribution in [2.24, 2.45) is 5.92 Å². The van der Waals surface area contributed by atoms with E-state index in [0.29, 0.717) is 44.3 Å². The zero-order valence-corrected chi connectivity index (χ0v) is 16.9. The highest BCUT2D eigenvalue weighted by Crippen LogP contribution is 2.32. The second-order valence-corrected chi connectivity index (χ2v) is 8.58. The second-order valence-electron chi connectivity index (χ2n) is 8.58. The number of fused-ring (bicyclic) bond motifs is 4. The molecule has 3 aliphatic rings. The van der Waals surface area contributed by atoms with E-state index < -0.39 is 0 Å². The molecule has 1 amide bonds. The number of hydrogen-bond acceptors (Lipinski definition) is 4. The lowest BCUT2D eigenvalue weighted by Crippen LogP contribution is -2.47. The highest BCUT2D eigenvalue weighted by Gasteiger charge is 2.33. The fraction of sp³-hybridized carbons (Fsp3) is 0.478. The van der Waals surface area contributed by atoms with Crippen molar-refractivity contribution >= 4 is 5.91 Å². The van der Waals surface area contributed by atoms with E-state index in [1.807, 2.05) is 10.6 Å². The van der Waals surface area contributed by atoms with Gasteiger partial charge in [-0.3, -0.25) is 9.59 Å². The molecule has 6 nitrogen and oxygen atoms in total. The van der Waals surface area contributed by atoms with Gasteiger partial charge in [-0.25, -0.2) is 4.39 Å². The van der Waals surface area contributed by atoms with Crippen LogP contribution >= 0.6 is 0 Å². The molecule has 2 fully saturated rings. The molecule has 7 heteroatoms. The summed E-state index contributed by atoms with van der Waals surface area (Å²) in [6.07, 6.45) is 2.20. The Bertz CT molecular complexity index is 1010. The van der Waals surface area contributed by atoms with Gasteiger partial charge in [0.15, 0.2) is 11.6 Å². The van der Waals surface area contributed by atoms with Gasteiger partial charge in [0.2, 0.25) is 0 Å². The van der Waals surface area contributed by atoms with Crippen molar-refractivity contribution in [3.05, 3.63) is 63.8 Å². The van der Waals surface area contributed by atoms with Gasteiger partial charge >= 0.3 is 0 Å². The molecular weight excluding hydrogens is 385 g/mol. The van der Waals surface area contributed by atoms with Crippen molar-refractivity contribution in [3.63, 3.8) is 0 Å². The minimum absolute atomic E-state index is 0.137. The maximum Gasteiger partial charge on any atom is 0.263 e. The van der Waals surface area contributed by atoms with Gasteiger partial charge in [0, 0.05) is 50.6 Å². The summed E-state index contributed by atoms with van der Waals surface area (Å²) in [6, 6.07) is 10.0. The number of nitrogens with one attached hydrogen (secondary N) is 1. The van der Waals surface area contributed by atoms with Crippen LogP contribution in [0.1, 0.15) is 41.2 Å². The monoisotopic (exact) mass is 411 g/mol. The van der Waals surface area contributed by atoms with Crippen molar-refractivity contribution < 1.29 is 13.9 Å². The molecule has 1 aromatic carbocycles. The van der Waals surface area contributed by atoms with Crippen LogP contribution in [0.2, 0.25) is 0 Å². The molecule has 2 atom stereocenters. The summed E-state index contributed by atoms with van der Waals surface area (Å²) in [4.78, 5) is 27.9. The lowest BCUT2D eigenvalue weighted by molar-refractivity contribution is 0.0585. The topological polar surface area (TPSA) is 63.6 Å². The third kappa shape index (κ3) is 3.51. The third-order valence-electron chi connectivity index (χ3n) is 6.60. The Morgan fingerprint density at radius 2 is 1.90 bits per heavy atom. The van der Waals surface area contributed by atoms with Crippen molar-refractivity contribution in [1.82, 2.24) is 14.8 Å². The largest absolute Gasteiger partial charge is 0.487 e. The van der Waals surface area contributed by atoms with E-state index in [4.69, 9.17) is 4.74 Å². The molecule has 0 spiro atoms. The number of nitrogens with zero attached hydrogens (tertiary/aromatic N) is 2. The number of rotatable bonds is 3. The predicted molar refractivity (Wildman–Crippen MR) is 110 cm³/mol. The second kappa shape index (κ2) is 7.87. The Hall–Kier alpha value is -2.67. The molecule has 0 saturated carbocycles. The molecule has 2 saturated heterocycles. The standard InChI is InChI=1S/C23H26FN3O3/c24-19-3-1-2-4-21(19)30-17-7-9-26(10-8-17)22(28)18-5-6-20-16-11-15(12-25-13-16)14-27(20)23(18)29/h1-6,15-17,25H,7-14H2/t15-,16+/m0/s1. The summed E-state index contributed by atoms with van der Waals surface area (Å²) < 4.78 is 21.4. The van der Waals surface area contributed by atoms with E-state index in [9.17, 15) is 14.0 Å². The number of aromatic nitrogens is 1. The Labute approximate surface area is 174 Å². The van der Waals surface area contributed by atoms with Crippen LogP contribution in [0.25, 0.3) is 0 Å². The Morgan fingerprint density at radius 3 is 2.70 bits per heavy atom. The summed E-state index contributed by atoms with van der Waals surface area (Å²) >= 11 is 0. The predicted octanol–water partition coefficient (Wildman–Crippen LogP) is 2.38. The number of hydrogen-bond donors (Lipinski definition) is 1. The van der Waals surface area contributed by atoms with Gasteiger partial charge in [-0.05, 0) is 43.1 Å². The molecule has 1 aromatic heterocycles. The number of carbonyl (C=O) groups excluding carboxylic acids is 1. The first-order valence-corrected chi connectivity index (χ1v) is 10.7. The van der Waals surface area contributed by atoms with E-state index >= 15 is 0 Å².